The van der Waals surface area contributed by atoms with E-state index in [0.717, 1.165) is 24.8 Å². The molecule has 6 heteroatoms. The molecule has 0 fully saturated rings. The molecule has 0 amide bonds. The molecule has 0 aliphatic heterocycles. The number of nitrogen functional groups attached to an aromatic ring is 1. The first kappa shape index (κ1) is 17.2. The second-order valence-electron chi connectivity index (χ2n) is 6.41. The van der Waals surface area contributed by atoms with Crippen molar-refractivity contribution in [2.75, 3.05) is 11.1 Å². The Hall–Kier alpha value is -2.63. The van der Waals surface area contributed by atoms with Crippen molar-refractivity contribution in [1.82, 2.24) is 14.5 Å². The number of nitrogens with two attached hydrogens (primary N) is 1. The SMILES string of the molecule is CCCCC(C)Nc1nc(N)nc2c(F)cn(Cc3ccccc3)c12. The summed E-state index contributed by atoms with van der Waals surface area (Å²) in [6.45, 7) is 4.81. The smallest absolute Gasteiger partial charge is 0.222 e. The molecule has 3 aromatic rings. The van der Waals surface area contributed by atoms with E-state index in [1.165, 1.54) is 6.20 Å². The van der Waals surface area contributed by atoms with E-state index in [1.807, 2.05) is 34.9 Å². The number of benzene rings is 1. The van der Waals surface area contributed by atoms with Crippen LogP contribution in [0.5, 0.6) is 0 Å². The summed E-state index contributed by atoms with van der Waals surface area (Å²) in [5, 5.41) is 3.38. The number of aromatic nitrogens is 3. The maximum absolute atomic E-state index is 14.4. The van der Waals surface area contributed by atoms with Crippen LogP contribution in [0.2, 0.25) is 0 Å². The van der Waals surface area contributed by atoms with Crippen molar-refractivity contribution in [2.24, 2.45) is 0 Å². The van der Waals surface area contributed by atoms with Crippen LogP contribution >= 0.6 is 0 Å². The molecule has 0 saturated carbocycles. The number of hydrogen-bond acceptors (Lipinski definition) is 4. The second kappa shape index (κ2) is 7.51. The van der Waals surface area contributed by atoms with E-state index in [-0.39, 0.29) is 23.3 Å². The topological polar surface area (TPSA) is 68.8 Å². The fourth-order valence-electron chi connectivity index (χ4n) is 2.99. The molecular formula is C19H24FN5. The van der Waals surface area contributed by atoms with Crippen molar-refractivity contribution < 1.29 is 4.39 Å². The second-order valence-corrected chi connectivity index (χ2v) is 6.41. The lowest BCUT2D eigenvalue weighted by Gasteiger charge is -2.16. The molecule has 0 aliphatic rings. The Bertz CT molecular complexity index is 844. The van der Waals surface area contributed by atoms with Crippen LogP contribution in [-0.4, -0.2) is 20.6 Å². The lowest BCUT2D eigenvalue weighted by Crippen LogP contribution is -2.17. The molecule has 2 heterocycles. The first-order valence-electron chi connectivity index (χ1n) is 8.70. The highest BCUT2D eigenvalue weighted by Gasteiger charge is 2.18. The minimum atomic E-state index is -0.385. The summed E-state index contributed by atoms with van der Waals surface area (Å²) < 4.78 is 16.3. The average molecular weight is 341 g/mol. The van der Waals surface area contributed by atoms with Gasteiger partial charge in [-0.15, -0.1) is 0 Å². The molecule has 3 N–H and O–H groups in total. The summed E-state index contributed by atoms with van der Waals surface area (Å²) in [5.74, 6) is 0.282. The lowest BCUT2D eigenvalue weighted by molar-refractivity contribution is 0.627. The van der Waals surface area contributed by atoms with Gasteiger partial charge in [0.25, 0.3) is 0 Å². The average Bonchev–Trinajstić information content (AvgIpc) is 2.89. The Morgan fingerprint density at radius 3 is 2.72 bits per heavy atom. The molecule has 5 nitrogen and oxygen atoms in total. The summed E-state index contributed by atoms with van der Waals surface area (Å²) in [5.41, 5.74) is 7.79. The molecule has 2 aromatic heterocycles. The quantitative estimate of drug-likeness (QED) is 0.676. The highest BCUT2D eigenvalue weighted by atomic mass is 19.1. The summed E-state index contributed by atoms with van der Waals surface area (Å²) in [4.78, 5) is 8.43. The molecule has 132 valence electrons. The number of fused-ring (bicyclic) bond motifs is 1. The van der Waals surface area contributed by atoms with Crippen LogP contribution in [0, 0.1) is 5.82 Å². The number of rotatable bonds is 7. The van der Waals surface area contributed by atoms with Crippen molar-refractivity contribution in [3.05, 3.63) is 47.9 Å². The highest BCUT2D eigenvalue weighted by molar-refractivity contribution is 5.88. The molecule has 0 aliphatic carbocycles. The van der Waals surface area contributed by atoms with E-state index in [0.29, 0.717) is 17.9 Å². The van der Waals surface area contributed by atoms with Gasteiger partial charge in [-0.1, -0.05) is 50.1 Å². The largest absolute Gasteiger partial charge is 0.368 e. The van der Waals surface area contributed by atoms with E-state index in [2.05, 4.69) is 29.1 Å². The summed E-state index contributed by atoms with van der Waals surface area (Å²) in [6, 6.07) is 10.2. The number of halogens is 1. The molecule has 0 spiro atoms. The van der Waals surface area contributed by atoms with Crippen LogP contribution in [0.15, 0.2) is 36.5 Å². The Kier molecular flexibility index (Phi) is 5.16. The van der Waals surface area contributed by atoms with Crippen molar-refractivity contribution in [2.45, 2.75) is 45.7 Å². The zero-order valence-electron chi connectivity index (χ0n) is 14.7. The minimum absolute atomic E-state index is 0.0778. The van der Waals surface area contributed by atoms with E-state index < -0.39 is 0 Å². The lowest BCUT2D eigenvalue weighted by atomic mass is 10.1. The Labute approximate surface area is 147 Å². The Balaban J connectivity index is 2.00. The zero-order valence-corrected chi connectivity index (χ0v) is 14.7. The van der Waals surface area contributed by atoms with Gasteiger partial charge in [0.05, 0.1) is 0 Å². The molecule has 25 heavy (non-hydrogen) atoms. The van der Waals surface area contributed by atoms with Crippen molar-refractivity contribution >= 4 is 22.8 Å². The molecule has 0 bridgehead atoms. The van der Waals surface area contributed by atoms with Crippen LogP contribution in [-0.2, 0) is 6.54 Å². The molecule has 1 aromatic carbocycles. The molecule has 1 atom stereocenters. The van der Waals surface area contributed by atoms with Crippen molar-refractivity contribution in [1.29, 1.82) is 0 Å². The van der Waals surface area contributed by atoms with Gasteiger partial charge in [0.2, 0.25) is 5.95 Å². The molecule has 3 rings (SSSR count). The number of unbranched alkanes of at least 4 members (excludes halogenated alkanes) is 1. The Morgan fingerprint density at radius 1 is 1.24 bits per heavy atom. The minimum Gasteiger partial charge on any atom is -0.368 e. The predicted molar refractivity (Wildman–Crippen MR) is 100 cm³/mol. The third kappa shape index (κ3) is 3.90. The van der Waals surface area contributed by atoms with Gasteiger partial charge in [0.15, 0.2) is 11.6 Å². The van der Waals surface area contributed by atoms with Gasteiger partial charge in [-0.3, -0.25) is 0 Å². The standard InChI is InChI=1S/C19H24FN5/c1-3-4-8-13(2)22-18-17-16(23-19(21)24-18)15(20)12-25(17)11-14-9-6-5-7-10-14/h5-7,9-10,12-13H,3-4,8,11H2,1-2H3,(H3,21,22,23,24). The van der Waals surface area contributed by atoms with Crippen molar-refractivity contribution in [3.8, 4) is 0 Å². The summed E-state index contributed by atoms with van der Waals surface area (Å²) in [6.07, 6.45) is 4.74. The normalized spacial score (nSPS) is 12.4. The predicted octanol–water partition coefficient (Wildman–Crippen LogP) is 4.19. The first-order chi connectivity index (χ1) is 12.1. The fourth-order valence-corrected chi connectivity index (χ4v) is 2.99. The zero-order chi connectivity index (χ0) is 17.8. The van der Waals surface area contributed by atoms with Crippen molar-refractivity contribution in [3.63, 3.8) is 0 Å². The van der Waals surface area contributed by atoms with Crippen LogP contribution in [0.25, 0.3) is 11.0 Å². The van der Waals surface area contributed by atoms with Crippen LogP contribution in [0.4, 0.5) is 16.2 Å². The van der Waals surface area contributed by atoms with Gasteiger partial charge >= 0.3 is 0 Å². The van der Waals surface area contributed by atoms with E-state index in [4.69, 9.17) is 5.73 Å². The van der Waals surface area contributed by atoms with Gasteiger partial charge < -0.3 is 15.6 Å². The van der Waals surface area contributed by atoms with Gasteiger partial charge in [0, 0.05) is 18.8 Å². The maximum atomic E-state index is 14.4. The molecule has 1 unspecified atom stereocenters. The highest BCUT2D eigenvalue weighted by Crippen LogP contribution is 2.27. The molecule has 0 saturated heterocycles. The molecular weight excluding hydrogens is 317 g/mol. The van der Waals surface area contributed by atoms with E-state index in [1.54, 1.807) is 0 Å². The third-order valence-corrected chi connectivity index (χ3v) is 4.25. The summed E-state index contributed by atoms with van der Waals surface area (Å²) in [7, 11) is 0. The van der Waals surface area contributed by atoms with Crippen LogP contribution in [0.3, 0.4) is 0 Å². The number of nitrogens with one attached hydrogen (secondary N) is 1. The number of nitrogens with zero attached hydrogens (tertiary/aromatic N) is 3. The number of anilines is 2. The summed E-state index contributed by atoms with van der Waals surface area (Å²) >= 11 is 0. The van der Waals surface area contributed by atoms with Crippen LogP contribution < -0.4 is 11.1 Å². The van der Waals surface area contributed by atoms with E-state index >= 15 is 0 Å². The molecule has 0 radical (unpaired) electrons. The van der Waals surface area contributed by atoms with Crippen LogP contribution in [0.1, 0.15) is 38.7 Å². The van der Waals surface area contributed by atoms with Gasteiger partial charge in [-0.25, -0.2) is 9.37 Å². The number of hydrogen-bond donors (Lipinski definition) is 2. The monoisotopic (exact) mass is 341 g/mol. The van der Waals surface area contributed by atoms with E-state index in [9.17, 15) is 4.39 Å². The van der Waals surface area contributed by atoms with Gasteiger partial charge in [0.1, 0.15) is 11.0 Å². The first-order valence-corrected chi connectivity index (χ1v) is 8.70. The maximum Gasteiger partial charge on any atom is 0.222 e. The fraction of sp³-hybridized carbons (Fsp3) is 0.368. The third-order valence-electron chi connectivity index (χ3n) is 4.25. The van der Waals surface area contributed by atoms with Gasteiger partial charge in [-0.05, 0) is 18.9 Å². The Morgan fingerprint density at radius 2 is 2.00 bits per heavy atom. The van der Waals surface area contributed by atoms with Gasteiger partial charge in [-0.2, -0.15) is 4.98 Å².